The lowest BCUT2D eigenvalue weighted by Gasteiger charge is -2.09. The number of nitrogens with two attached hydrogens (primary N) is 2. The van der Waals surface area contributed by atoms with Gasteiger partial charge in [-0.25, -0.2) is 19.0 Å². The summed E-state index contributed by atoms with van der Waals surface area (Å²) in [4.78, 5) is 15.6. The van der Waals surface area contributed by atoms with Gasteiger partial charge in [0.15, 0.2) is 0 Å². The van der Waals surface area contributed by atoms with Crippen LogP contribution in [0.4, 0.5) is 4.39 Å². The van der Waals surface area contributed by atoms with Crippen LogP contribution < -0.4 is 15.9 Å². The Balaban J connectivity index is 1.80. The number of halogens is 1. The highest BCUT2D eigenvalue weighted by Crippen LogP contribution is 2.35. The lowest BCUT2D eigenvalue weighted by molar-refractivity contribution is -0.106. The van der Waals surface area contributed by atoms with Crippen molar-refractivity contribution >= 4 is 12.2 Å². The first-order valence-electron chi connectivity index (χ1n) is 10.2. The van der Waals surface area contributed by atoms with Gasteiger partial charge in [-0.2, -0.15) is 0 Å². The molecule has 0 bridgehead atoms. The number of aliphatic imine (C=N–C) groups is 1. The molecular formula is C22H23FN9O+. The minimum atomic E-state index is -0.385. The fraction of sp³-hybridized carbons (Fsp3) is 0.182. The number of aromatic amines is 1. The van der Waals surface area contributed by atoms with Gasteiger partial charge in [0, 0.05) is 23.4 Å². The molecule has 0 aliphatic rings. The molecule has 0 saturated carbocycles. The molecule has 11 heteroatoms. The first-order valence-corrected chi connectivity index (χ1v) is 10.2. The summed E-state index contributed by atoms with van der Waals surface area (Å²) in [5, 5.41) is 13.9. The maximum atomic E-state index is 14.2. The normalized spacial score (nSPS) is 12.5. The molecule has 4 rings (SSSR count). The molecule has 0 spiro atoms. The Morgan fingerprint density at radius 2 is 2.18 bits per heavy atom. The summed E-state index contributed by atoms with van der Waals surface area (Å²) in [7, 11) is 1.53. The molecule has 168 valence electrons. The van der Waals surface area contributed by atoms with Crippen LogP contribution in [0.2, 0.25) is 0 Å². The lowest BCUT2D eigenvalue weighted by Crippen LogP contribution is -2.30. The van der Waals surface area contributed by atoms with Crippen molar-refractivity contribution in [2.45, 2.75) is 19.3 Å². The Morgan fingerprint density at radius 3 is 2.91 bits per heavy atom. The minimum Gasteiger partial charge on any atom is -0.480 e. The Hall–Kier alpha value is -4.41. The number of H-pyrrole nitrogens is 1. The van der Waals surface area contributed by atoms with E-state index in [2.05, 4.69) is 30.3 Å². The van der Waals surface area contributed by atoms with Gasteiger partial charge >= 0.3 is 0 Å². The smallest absolute Gasteiger partial charge is 0.280 e. The average Bonchev–Trinajstić information content (AvgIpc) is 3.48. The Labute approximate surface area is 188 Å². The van der Waals surface area contributed by atoms with Crippen LogP contribution in [0.3, 0.4) is 0 Å². The summed E-state index contributed by atoms with van der Waals surface area (Å²) in [6.07, 6.45) is 6.56. The monoisotopic (exact) mass is 448 g/mol. The van der Waals surface area contributed by atoms with Crippen molar-refractivity contribution < 1.29 is 14.5 Å². The third-order valence-corrected chi connectivity index (χ3v) is 5.22. The zero-order valence-electron chi connectivity index (χ0n) is 18.1. The van der Waals surface area contributed by atoms with E-state index in [1.807, 2.05) is 13.0 Å². The molecule has 5 N–H and O–H groups in total. The van der Waals surface area contributed by atoms with Crippen molar-refractivity contribution in [1.29, 1.82) is 0 Å². The number of hydrogen-bond acceptors (Lipinski definition) is 5. The number of ether oxygens (including phenoxy) is 1. The van der Waals surface area contributed by atoms with Gasteiger partial charge in [-0.15, -0.1) is 5.10 Å². The number of benzene rings is 1. The second-order valence-electron chi connectivity index (χ2n) is 7.12. The van der Waals surface area contributed by atoms with Crippen molar-refractivity contribution in [3.05, 3.63) is 72.0 Å². The zero-order valence-corrected chi connectivity index (χ0v) is 18.1. The maximum absolute atomic E-state index is 14.2. The molecule has 3 aromatic heterocycles. The summed E-state index contributed by atoms with van der Waals surface area (Å²) in [5.41, 5.74) is 9.85. The van der Waals surface area contributed by atoms with E-state index in [4.69, 9.17) is 15.9 Å². The zero-order chi connectivity index (χ0) is 23.4. The number of amidine groups is 1. The van der Waals surface area contributed by atoms with Gasteiger partial charge < -0.3 is 15.5 Å². The van der Waals surface area contributed by atoms with Crippen molar-refractivity contribution in [3.8, 4) is 22.7 Å². The molecule has 10 nitrogen and oxygen atoms in total. The Kier molecular flexibility index (Phi) is 6.20. The molecular weight excluding hydrogens is 425 g/mol. The summed E-state index contributed by atoms with van der Waals surface area (Å²) in [6.45, 7) is 2.02. The van der Waals surface area contributed by atoms with E-state index in [0.29, 0.717) is 40.5 Å². The standard InChI is InChI=1S/C22H22FN9O/c1-3-13(18-10-32(31-30-18)19-7-5-4-6-16(19)23)17-8-14(20(29-17)21(25)27-11-24)15-9-26-12-28-22(15)33-2/h4-13,29H,3H2,1-2H3,(H3,24,25,27)/p+1. The van der Waals surface area contributed by atoms with Crippen LogP contribution in [-0.4, -0.2) is 49.2 Å². The number of nitrogens with one attached hydrogen (secondary N) is 1. The highest BCUT2D eigenvalue weighted by molar-refractivity contribution is 6.05. The van der Waals surface area contributed by atoms with Gasteiger partial charge in [0.05, 0.1) is 24.6 Å². The van der Waals surface area contributed by atoms with Crippen LogP contribution in [-0.2, 0) is 0 Å². The van der Waals surface area contributed by atoms with Crippen molar-refractivity contribution in [1.82, 2.24) is 29.9 Å². The van der Waals surface area contributed by atoms with Gasteiger partial charge in [-0.3, -0.25) is 5.41 Å². The summed E-state index contributed by atoms with van der Waals surface area (Å²) < 4.78 is 21.0. The predicted molar refractivity (Wildman–Crippen MR) is 121 cm³/mol. The largest absolute Gasteiger partial charge is 0.480 e. The fourth-order valence-electron chi connectivity index (χ4n) is 3.67. The second-order valence-corrected chi connectivity index (χ2v) is 7.12. The number of nitrogens with zero attached hydrogens (tertiary/aromatic N) is 6. The molecule has 0 aliphatic heterocycles. The first kappa shape index (κ1) is 21.8. The van der Waals surface area contributed by atoms with Crippen molar-refractivity contribution in [3.63, 3.8) is 0 Å². The molecule has 0 aliphatic carbocycles. The van der Waals surface area contributed by atoms with Gasteiger partial charge in [-0.05, 0) is 29.6 Å². The van der Waals surface area contributed by atoms with Gasteiger partial charge in [-0.1, -0.05) is 24.3 Å². The molecule has 1 atom stereocenters. The number of methoxy groups -OCH3 is 1. The van der Waals surface area contributed by atoms with E-state index in [1.165, 1.54) is 24.2 Å². The number of para-hydroxylation sites is 1. The van der Waals surface area contributed by atoms with E-state index >= 15 is 0 Å². The lowest BCUT2D eigenvalue weighted by atomic mass is 9.98. The van der Waals surface area contributed by atoms with Gasteiger partial charge in [0.1, 0.15) is 23.5 Å². The highest BCUT2D eigenvalue weighted by atomic mass is 19.1. The second kappa shape index (κ2) is 9.39. The molecule has 0 radical (unpaired) electrons. The Bertz CT molecular complexity index is 1310. The molecule has 0 amide bonds. The maximum Gasteiger partial charge on any atom is 0.280 e. The third kappa shape index (κ3) is 4.20. The third-order valence-electron chi connectivity index (χ3n) is 5.22. The van der Waals surface area contributed by atoms with Crippen LogP contribution >= 0.6 is 0 Å². The number of aromatic nitrogens is 6. The van der Waals surface area contributed by atoms with Crippen LogP contribution in [0.5, 0.6) is 5.88 Å². The highest BCUT2D eigenvalue weighted by Gasteiger charge is 2.25. The fourth-order valence-corrected chi connectivity index (χ4v) is 3.67. The molecule has 0 saturated heterocycles. The summed E-state index contributed by atoms with van der Waals surface area (Å²) >= 11 is 0. The first-order chi connectivity index (χ1) is 16.1. The average molecular weight is 448 g/mol. The van der Waals surface area contributed by atoms with Gasteiger partial charge in [0.2, 0.25) is 5.88 Å². The van der Waals surface area contributed by atoms with E-state index in [9.17, 15) is 4.39 Å². The Morgan fingerprint density at radius 1 is 1.36 bits per heavy atom. The summed E-state index contributed by atoms with van der Waals surface area (Å²) in [6, 6.07) is 8.31. The molecule has 33 heavy (non-hydrogen) atoms. The molecule has 1 unspecified atom stereocenters. The van der Waals surface area contributed by atoms with E-state index in [0.717, 1.165) is 12.0 Å². The quantitative estimate of drug-likeness (QED) is 0.273. The van der Waals surface area contributed by atoms with E-state index < -0.39 is 0 Å². The molecule has 1 aromatic carbocycles. The molecule has 0 fully saturated rings. The minimum absolute atomic E-state index is 0.177. The van der Waals surface area contributed by atoms with E-state index in [-0.39, 0.29) is 17.6 Å². The SMILES string of the molecule is CCC(c1cn(-c2ccccc2F)nn1)c1cc(-c2cncnc2OC)c(C(N)=NC=[NH2+])[nH]1. The van der Waals surface area contributed by atoms with Crippen LogP contribution in [0.25, 0.3) is 16.8 Å². The van der Waals surface area contributed by atoms with Crippen molar-refractivity contribution in [2.75, 3.05) is 7.11 Å². The topological polar surface area (TPSA) is 145 Å². The number of rotatable bonds is 8. The van der Waals surface area contributed by atoms with Crippen LogP contribution in [0.15, 0.2) is 54.0 Å². The summed E-state index contributed by atoms with van der Waals surface area (Å²) in [5.74, 6) is 0.0161. The molecule has 4 aromatic rings. The van der Waals surface area contributed by atoms with Crippen LogP contribution in [0, 0.1) is 5.82 Å². The van der Waals surface area contributed by atoms with Crippen LogP contribution in [0.1, 0.15) is 36.3 Å². The molecule has 3 heterocycles. The number of hydrogen-bond donors (Lipinski definition) is 3. The van der Waals surface area contributed by atoms with Gasteiger partial charge in [0.25, 0.3) is 12.2 Å². The predicted octanol–water partition coefficient (Wildman–Crippen LogP) is 1.23. The van der Waals surface area contributed by atoms with Crippen molar-refractivity contribution in [2.24, 2.45) is 10.7 Å². The van der Waals surface area contributed by atoms with E-state index in [1.54, 1.807) is 30.6 Å².